The van der Waals surface area contributed by atoms with Gasteiger partial charge < -0.3 is 15.4 Å². The minimum atomic E-state index is -0.227. The van der Waals surface area contributed by atoms with Crippen molar-refractivity contribution in [2.45, 2.75) is 39.2 Å². The molecule has 1 aromatic carbocycles. The van der Waals surface area contributed by atoms with Gasteiger partial charge in [0.15, 0.2) is 0 Å². The summed E-state index contributed by atoms with van der Waals surface area (Å²) in [6.45, 7) is 5.90. The van der Waals surface area contributed by atoms with Gasteiger partial charge in [-0.2, -0.15) is 0 Å². The van der Waals surface area contributed by atoms with Crippen molar-refractivity contribution < 1.29 is 9.53 Å². The summed E-state index contributed by atoms with van der Waals surface area (Å²) < 4.78 is 5.16. The minimum Gasteiger partial charge on any atom is -0.497 e. The molecule has 116 valence electrons. The molecule has 0 aromatic heterocycles. The van der Waals surface area contributed by atoms with Crippen LogP contribution in [-0.4, -0.2) is 26.1 Å². The third-order valence-corrected chi connectivity index (χ3v) is 4.42. The van der Waals surface area contributed by atoms with E-state index in [0.717, 1.165) is 43.7 Å². The molecule has 1 aliphatic rings. The lowest BCUT2D eigenvalue weighted by atomic mass is 9.81. The van der Waals surface area contributed by atoms with Gasteiger partial charge >= 0.3 is 0 Å². The molecule has 4 nitrogen and oxygen atoms in total. The summed E-state index contributed by atoms with van der Waals surface area (Å²) >= 11 is 0. The standard InChI is InChI=1S/C17H26N2O2/c1-4-9-17(10-11-18-12-17)16(20)19-13(2)14-5-7-15(21-3)8-6-14/h5-8,13,18H,4,9-12H2,1-3H3,(H,19,20)/t13-,17?/m0/s1. The van der Waals surface area contributed by atoms with E-state index in [4.69, 9.17) is 4.74 Å². The van der Waals surface area contributed by atoms with Crippen LogP contribution in [0.4, 0.5) is 0 Å². The number of methoxy groups -OCH3 is 1. The van der Waals surface area contributed by atoms with Gasteiger partial charge in [0.1, 0.15) is 5.75 Å². The van der Waals surface area contributed by atoms with Crippen LogP contribution in [0.15, 0.2) is 24.3 Å². The van der Waals surface area contributed by atoms with Crippen LogP contribution in [-0.2, 0) is 4.79 Å². The molecule has 1 aromatic rings. The molecule has 1 fully saturated rings. The monoisotopic (exact) mass is 290 g/mol. The lowest BCUT2D eigenvalue weighted by Crippen LogP contribution is -2.43. The summed E-state index contributed by atoms with van der Waals surface area (Å²) in [5, 5.41) is 6.51. The molecule has 0 saturated carbocycles. The molecule has 0 aliphatic carbocycles. The SMILES string of the molecule is CCCC1(C(=O)N[C@@H](C)c2ccc(OC)cc2)CCNC1. The van der Waals surface area contributed by atoms with Gasteiger partial charge in [-0.1, -0.05) is 25.5 Å². The highest BCUT2D eigenvalue weighted by Gasteiger charge is 2.40. The smallest absolute Gasteiger partial charge is 0.228 e. The normalized spacial score (nSPS) is 22.8. The predicted octanol–water partition coefficient (Wildman–Crippen LogP) is 2.65. The number of hydrogen-bond acceptors (Lipinski definition) is 3. The molecular formula is C17H26N2O2. The van der Waals surface area contributed by atoms with E-state index in [1.807, 2.05) is 31.2 Å². The number of rotatable bonds is 6. The fourth-order valence-corrected chi connectivity index (χ4v) is 3.07. The predicted molar refractivity (Wildman–Crippen MR) is 84.4 cm³/mol. The third kappa shape index (κ3) is 3.56. The first-order chi connectivity index (χ1) is 10.1. The van der Waals surface area contributed by atoms with Crippen LogP contribution in [0.5, 0.6) is 5.75 Å². The van der Waals surface area contributed by atoms with E-state index < -0.39 is 0 Å². The van der Waals surface area contributed by atoms with Crippen LogP contribution in [0, 0.1) is 5.41 Å². The fourth-order valence-electron chi connectivity index (χ4n) is 3.07. The molecule has 1 amide bonds. The zero-order valence-electron chi connectivity index (χ0n) is 13.2. The van der Waals surface area contributed by atoms with Gasteiger partial charge in [-0.3, -0.25) is 4.79 Å². The molecule has 0 spiro atoms. The third-order valence-electron chi connectivity index (χ3n) is 4.42. The van der Waals surface area contributed by atoms with Gasteiger partial charge in [-0.25, -0.2) is 0 Å². The molecule has 2 atom stereocenters. The van der Waals surface area contributed by atoms with E-state index in [2.05, 4.69) is 17.6 Å². The van der Waals surface area contributed by atoms with Crippen molar-refractivity contribution in [3.63, 3.8) is 0 Å². The molecule has 1 aliphatic heterocycles. The summed E-state index contributed by atoms with van der Waals surface area (Å²) in [6.07, 6.45) is 2.91. The fraction of sp³-hybridized carbons (Fsp3) is 0.588. The summed E-state index contributed by atoms with van der Waals surface area (Å²) in [5.74, 6) is 1.01. The van der Waals surface area contributed by atoms with Crippen molar-refractivity contribution in [1.29, 1.82) is 0 Å². The summed E-state index contributed by atoms with van der Waals surface area (Å²) in [5.41, 5.74) is 0.872. The van der Waals surface area contributed by atoms with Crippen LogP contribution >= 0.6 is 0 Å². The van der Waals surface area contributed by atoms with Gasteiger partial charge in [0.25, 0.3) is 0 Å². The van der Waals surface area contributed by atoms with Gasteiger partial charge in [-0.05, 0) is 44.0 Å². The molecule has 4 heteroatoms. The Morgan fingerprint density at radius 3 is 2.67 bits per heavy atom. The van der Waals surface area contributed by atoms with E-state index in [1.165, 1.54) is 0 Å². The maximum Gasteiger partial charge on any atom is 0.228 e. The summed E-state index contributed by atoms with van der Waals surface area (Å²) in [7, 11) is 1.65. The van der Waals surface area contributed by atoms with Crippen LogP contribution in [0.1, 0.15) is 44.7 Å². The van der Waals surface area contributed by atoms with Crippen molar-refractivity contribution in [2.24, 2.45) is 5.41 Å². The molecule has 21 heavy (non-hydrogen) atoms. The van der Waals surface area contributed by atoms with Crippen molar-refractivity contribution in [2.75, 3.05) is 20.2 Å². The van der Waals surface area contributed by atoms with Crippen LogP contribution in [0.2, 0.25) is 0 Å². The second-order valence-electron chi connectivity index (χ2n) is 5.93. The van der Waals surface area contributed by atoms with E-state index in [9.17, 15) is 4.79 Å². The topological polar surface area (TPSA) is 50.4 Å². The molecule has 1 unspecified atom stereocenters. The van der Waals surface area contributed by atoms with Crippen LogP contribution in [0.3, 0.4) is 0 Å². The van der Waals surface area contributed by atoms with Crippen molar-refractivity contribution in [1.82, 2.24) is 10.6 Å². The Morgan fingerprint density at radius 2 is 2.14 bits per heavy atom. The molecule has 2 N–H and O–H groups in total. The number of benzene rings is 1. The Bertz CT molecular complexity index is 464. The second-order valence-corrected chi connectivity index (χ2v) is 5.93. The highest BCUT2D eigenvalue weighted by molar-refractivity contribution is 5.83. The highest BCUT2D eigenvalue weighted by Crippen LogP contribution is 2.32. The van der Waals surface area contributed by atoms with Gasteiger partial charge in [0.05, 0.1) is 18.6 Å². The maximum absolute atomic E-state index is 12.7. The average Bonchev–Trinajstić information content (AvgIpc) is 2.97. The first-order valence-corrected chi connectivity index (χ1v) is 7.77. The lowest BCUT2D eigenvalue weighted by Gasteiger charge is -2.28. The summed E-state index contributed by atoms with van der Waals surface area (Å²) in [4.78, 5) is 12.7. The zero-order chi connectivity index (χ0) is 15.3. The van der Waals surface area contributed by atoms with Crippen LogP contribution < -0.4 is 15.4 Å². The lowest BCUT2D eigenvalue weighted by molar-refractivity contribution is -0.131. The zero-order valence-corrected chi connectivity index (χ0v) is 13.2. The van der Waals surface area contributed by atoms with Crippen molar-refractivity contribution >= 4 is 5.91 Å². The van der Waals surface area contributed by atoms with Crippen molar-refractivity contribution in [3.8, 4) is 5.75 Å². The number of carbonyl (C=O) groups is 1. The Labute approximate surface area is 127 Å². The number of amides is 1. The largest absolute Gasteiger partial charge is 0.497 e. The molecule has 0 bridgehead atoms. The Hall–Kier alpha value is -1.55. The number of carbonyl (C=O) groups excluding carboxylic acids is 1. The van der Waals surface area contributed by atoms with E-state index >= 15 is 0 Å². The Kier molecular flexibility index (Phi) is 5.23. The van der Waals surface area contributed by atoms with Gasteiger partial charge in [0.2, 0.25) is 5.91 Å². The van der Waals surface area contributed by atoms with E-state index in [0.29, 0.717) is 0 Å². The second kappa shape index (κ2) is 6.94. The number of nitrogens with one attached hydrogen (secondary N) is 2. The first kappa shape index (κ1) is 15.8. The number of ether oxygens (including phenoxy) is 1. The summed E-state index contributed by atoms with van der Waals surface area (Å²) in [6, 6.07) is 7.87. The molecular weight excluding hydrogens is 264 g/mol. The first-order valence-electron chi connectivity index (χ1n) is 7.77. The Morgan fingerprint density at radius 1 is 1.43 bits per heavy atom. The molecule has 1 heterocycles. The van der Waals surface area contributed by atoms with Gasteiger partial charge in [0, 0.05) is 6.54 Å². The quantitative estimate of drug-likeness (QED) is 0.847. The molecule has 2 rings (SSSR count). The van der Waals surface area contributed by atoms with E-state index in [1.54, 1.807) is 7.11 Å². The van der Waals surface area contributed by atoms with Gasteiger partial charge in [-0.15, -0.1) is 0 Å². The average molecular weight is 290 g/mol. The van der Waals surface area contributed by atoms with Crippen molar-refractivity contribution in [3.05, 3.63) is 29.8 Å². The highest BCUT2D eigenvalue weighted by atomic mass is 16.5. The minimum absolute atomic E-state index is 0.0118. The number of hydrogen-bond donors (Lipinski definition) is 2. The van der Waals surface area contributed by atoms with E-state index in [-0.39, 0.29) is 17.4 Å². The molecule has 1 saturated heterocycles. The maximum atomic E-state index is 12.7. The Balaban J connectivity index is 2.03. The van der Waals surface area contributed by atoms with Crippen LogP contribution in [0.25, 0.3) is 0 Å². The molecule has 0 radical (unpaired) electrons.